The number of sulfonamides is 1. The average Bonchev–Trinajstić information content (AvgIpc) is 2.76. The zero-order valence-corrected chi connectivity index (χ0v) is 17.3. The maximum absolute atomic E-state index is 14.0. The molecule has 3 aromatic rings. The highest BCUT2D eigenvalue weighted by atomic mass is 32.2. The number of halogens is 1. The van der Waals surface area contributed by atoms with E-state index in [-0.39, 0.29) is 16.7 Å². The van der Waals surface area contributed by atoms with Gasteiger partial charge in [0.15, 0.2) is 11.6 Å². The fourth-order valence-corrected chi connectivity index (χ4v) is 4.97. The van der Waals surface area contributed by atoms with E-state index < -0.39 is 15.8 Å². The number of benzene rings is 2. The van der Waals surface area contributed by atoms with Crippen LogP contribution in [-0.4, -0.2) is 26.6 Å². The zero-order chi connectivity index (χ0) is 21.1. The van der Waals surface area contributed by atoms with Gasteiger partial charge in [0, 0.05) is 24.7 Å². The van der Waals surface area contributed by atoms with Crippen LogP contribution in [0.1, 0.15) is 24.9 Å². The van der Waals surface area contributed by atoms with Gasteiger partial charge in [0.05, 0.1) is 18.3 Å². The molecule has 30 heavy (non-hydrogen) atoms. The van der Waals surface area contributed by atoms with E-state index in [2.05, 4.69) is 10.3 Å². The summed E-state index contributed by atoms with van der Waals surface area (Å²) in [5.74, 6) is 0.370. The SMILES string of the molecule is CCN(c1ccccc1)S(=O)(=O)c1ccc(N[C@H]2CCOc3c(F)cccc32)nc1. The van der Waals surface area contributed by atoms with E-state index in [1.807, 2.05) is 12.1 Å². The van der Waals surface area contributed by atoms with Crippen LogP contribution >= 0.6 is 0 Å². The van der Waals surface area contributed by atoms with Gasteiger partial charge in [0.1, 0.15) is 10.7 Å². The van der Waals surface area contributed by atoms with E-state index in [4.69, 9.17) is 4.74 Å². The third-order valence-corrected chi connectivity index (χ3v) is 6.89. The lowest BCUT2D eigenvalue weighted by Crippen LogP contribution is -2.30. The Labute approximate surface area is 175 Å². The quantitative estimate of drug-likeness (QED) is 0.632. The Bertz CT molecular complexity index is 1120. The number of rotatable bonds is 6. The minimum atomic E-state index is -3.73. The lowest BCUT2D eigenvalue weighted by Gasteiger charge is -2.27. The van der Waals surface area contributed by atoms with E-state index in [0.29, 0.717) is 31.1 Å². The van der Waals surface area contributed by atoms with Crippen molar-refractivity contribution in [2.75, 3.05) is 22.8 Å². The highest BCUT2D eigenvalue weighted by Gasteiger charge is 2.26. The topological polar surface area (TPSA) is 71.5 Å². The summed E-state index contributed by atoms with van der Waals surface area (Å²) in [5.41, 5.74) is 1.32. The smallest absolute Gasteiger partial charge is 0.265 e. The number of para-hydroxylation sites is 2. The maximum Gasteiger partial charge on any atom is 0.265 e. The van der Waals surface area contributed by atoms with Crippen molar-refractivity contribution in [1.82, 2.24) is 4.98 Å². The molecule has 0 aliphatic carbocycles. The van der Waals surface area contributed by atoms with Crippen molar-refractivity contribution in [1.29, 1.82) is 0 Å². The molecule has 0 saturated carbocycles. The van der Waals surface area contributed by atoms with Crippen LogP contribution in [0.15, 0.2) is 71.8 Å². The molecule has 4 rings (SSSR count). The normalized spacial score (nSPS) is 15.7. The molecule has 0 saturated heterocycles. The molecule has 1 N–H and O–H groups in total. The molecule has 0 bridgehead atoms. The Hall–Kier alpha value is -3.13. The van der Waals surface area contributed by atoms with Crippen LogP contribution in [0.2, 0.25) is 0 Å². The Kier molecular flexibility index (Phi) is 5.59. The van der Waals surface area contributed by atoms with Gasteiger partial charge >= 0.3 is 0 Å². The molecule has 0 fully saturated rings. The highest BCUT2D eigenvalue weighted by Crippen LogP contribution is 2.36. The summed E-state index contributed by atoms with van der Waals surface area (Å²) in [6, 6.07) is 16.8. The van der Waals surface area contributed by atoms with Crippen LogP contribution in [0.5, 0.6) is 5.75 Å². The molecule has 6 nitrogen and oxygen atoms in total. The summed E-state index contributed by atoms with van der Waals surface area (Å²) < 4.78 is 46.9. The van der Waals surface area contributed by atoms with Crippen molar-refractivity contribution >= 4 is 21.5 Å². The molecule has 0 spiro atoms. The Morgan fingerprint density at radius 2 is 1.93 bits per heavy atom. The summed E-state index contributed by atoms with van der Waals surface area (Å²) in [7, 11) is -3.73. The second kappa shape index (κ2) is 8.31. The van der Waals surface area contributed by atoms with Crippen LogP contribution < -0.4 is 14.4 Å². The second-order valence-corrected chi connectivity index (χ2v) is 8.74. The van der Waals surface area contributed by atoms with Gasteiger partial charge in [-0.05, 0) is 37.3 Å². The number of aromatic nitrogens is 1. The minimum absolute atomic E-state index is 0.108. The highest BCUT2D eigenvalue weighted by molar-refractivity contribution is 7.92. The third-order valence-electron chi connectivity index (χ3n) is 5.00. The summed E-state index contributed by atoms with van der Waals surface area (Å²) in [6.07, 6.45) is 1.99. The molecule has 0 unspecified atom stereocenters. The monoisotopic (exact) mass is 427 g/mol. The molecular weight excluding hydrogens is 405 g/mol. The first-order chi connectivity index (χ1) is 14.5. The summed E-state index contributed by atoms with van der Waals surface area (Å²) in [5, 5.41) is 3.25. The fraction of sp³-hybridized carbons (Fsp3) is 0.227. The largest absolute Gasteiger partial charge is 0.490 e. The summed E-state index contributed by atoms with van der Waals surface area (Å²) >= 11 is 0. The maximum atomic E-state index is 14.0. The fourth-order valence-electron chi connectivity index (χ4n) is 3.55. The van der Waals surface area contributed by atoms with E-state index in [9.17, 15) is 12.8 Å². The molecule has 156 valence electrons. The Morgan fingerprint density at radius 3 is 2.63 bits per heavy atom. The zero-order valence-electron chi connectivity index (χ0n) is 16.5. The van der Waals surface area contributed by atoms with Crippen LogP contribution in [0, 0.1) is 5.82 Å². The van der Waals surface area contributed by atoms with E-state index >= 15 is 0 Å². The number of nitrogens with zero attached hydrogens (tertiary/aromatic N) is 2. The van der Waals surface area contributed by atoms with Crippen LogP contribution in [0.4, 0.5) is 15.9 Å². The first-order valence-electron chi connectivity index (χ1n) is 9.72. The summed E-state index contributed by atoms with van der Waals surface area (Å²) in [6.45, 7) is 2.48. The van der Waals surface area contributed by atoms with Crippen molar-refractivity contribution in [3.63, 3.8) is 0 Å². The van der Waals surface area contributed by atoms with E-state index in [1.165, 1.54) is 22.6 Å². The van der Waals surface area contributed by atoms with E-state index in [1.54, 1.807) is 43.3 Å². The van der Waals surface area contributed by atoms with Gasteiger partial charge in [-0.15, -0.1) is 0 Å². The van der Waals surface area contributed by atoms with Crippen molar-refractivity contribution in [3.8, 4) is 5.75 Å². The number of hydrogen-bond acceptors (Lipinski definition) is 5. The molecular formula is C22H22FN3O3S. The van der Waals surface area contributed by atoms with Gasteiger partial charge < -0.3 is 10.1 Å². The standard InChI is InChI=1S/C22H22FN3O3S/c1-2-26(16-7-4-3-5-8-16)30(27,28)17-11-12-21(24-15-17)25-20-13-14-29-22-18(20)9-6-10-19(22)23/h3-12,15,20H,2,13-14H2,1H3,(H,24,25)/t20-/m0/s1. The van der Waals surface area contributed by atoms with Crippen molar-refractivity contribution in [2.45, 2.75) is 24.3 Å². The third kappa shape index (κ3) is 3.82. The molecule has 2 heterocycles. The number of fused-ring (bicyclic) bond motifs is 1. The van der Waals surface area contributed by atoms with Gasteiger partial charge in [-0.25, -0.2) is 17.8 Å². The molecule has 1 aromatic heterocycles. The van der Waals surface area contributed by atoms with Crippen molar-refractivity contribution in [3.05, 3.63) is 78.2 Å². The van der Waals surface area contributed by atoms with Gasteiger partial charge in [0.2, 0.25) is 0 Å². The van der Waals surface area contributed by atoms with Crippen LogP contribution in [0.3, 0.4) is 0 Å². The number of ether oxygens (including phenoxy) is 1. The van der Waals surface area contributed by atoms with Gasteiger partial charge in [0.25, 0.3) is 10.0 Å². The summed E-state index contributed by atoms with van der Waals surface area (Å²) in [4.78, 5) is 4.40. The molecule has 0 amide bonds. The van der Waals surface area contributed by atoms with Gasteiger partial charge in [-0.2, -0.15) is 0 Å². The second-order valence-electron chi connectivity index (χ2n) is 6.88. The van der Waals surface area contributed by atoms with Crippen molar-refractivity contribution in [2.24, 2.45) is 0 Å². The first-order valence-corrected chi connectivity index (χ1v) is 11.2. The number of hydrogen-bond donors (Lipinski definition) is 1. The Balaban J connectivity index is 1.56. The Morgan fingerprint density at radius 1 is 1.13 bits per heavy atom. The molecule has 1 aliphatic rings. The predicted molar refractivity (Wildman–Crippen MR) is 114 cm³/mol. The number of nitrogens with one attached hydrogen (secondary N) is 1. The number of pyridine rings is 1. The predicted octanol–water partition coefficient (Wildman–Crippen LogP) is 4.37. The average molecular weight is 428 g/mol. The van der Waals surface area contributed by atoms with Crippen LogP contribution in [0.25, 0.3) is 0 Å². The van der Waals surface area contributed by atoms with E-state index in [0.717, 1.165) is 5.56 Å². The lowest BCUT2D eigenvalue weighted by atomic mass is 10.0. The van der Waals surface area contributed by atoms with Gasteiger partial charge in [-0.3, -0.25) is 4.31 Å². The minimum Gasteiger partial charge on any atom is -0.490 e. The van der Waals surface area contributed by atoms with Crippen molar-refractivity contribution < 1.29 is 17.5 Å². The van der Waals surface area contributed by atoms with Gasteiger partial charge in [-0.1, -0.05) is 30.3 Å². The molecule has 2 aromatic carbocycles. The van der Waals surface area contributed by atoms with Crippen LogP contribution in [-0.2, 0) is 10.0 Å². The lowest BCUT2D eigenvalue weighted by molar-refractivity contribution is 0.260. The molecule has 8 heteroatoms. The number of anilines is 2. The first kappa shape index (κ1) is 20.2. The molecule has 1 aliphatic heterocycles. The molecule has 0 radical (unpaired) electrons. The molecule has 1 atom stereocenters.